The van der Waals surface area contributed by atoms with E-state index in [1.807, 2.05) is 0 Å². The van der Waals surface area contributed by atoms with Gasteiger partial charge in [0.05, 0.1) is 0 Å². The molecule has 1 aliphatic heterocycles. The molecule has 1 saturated carbocycles. The SMILES string of the molecule is [CH-]1CCC2(C1)CCNC2.[Y]. The number of nitrogens with one attached hydrogen (secondary N) is 1. The summed E-state index contributed by atoms with van der Waals surface area (Å²) in [7, 11) is 0. The fourth-order valence-electron chi connectivity index (χ4n) is 2.10. The predicted octanol–water partition coefficient (Wildman–Crippen LogP) is 1.35. The Balaban J connectivity index is 0.000000500. The van der Waals surface area contributed by atoms with E-state index >= 15 is 0 Å². The Morgan fingerprint density at radius 2 is 2.20 bits per heavy atom. The molecule has 1 N–H and O–H groups in total. The van der Waals surface area contributed by atoms with Gasteiger partial charge in [-0.3, -0.25) is 0 Å². The third kappa shape index (κ3) is 1.62. The summed E-state index contributed by atoms with van der Waals surface area (Å²) in [6.07, 6.45) is 8.05. The summed E-state index contributed by atoms with van der Waals surface area (Å²) in [5, 5.41) is 3.44. The van der Waals surface area contributed by atoms with Gasteiger partial charge in [-0.15, -0.1) is 0 Å². The minimum absolute atomic E-state index is 0. The maximum absolute atomic E-state index is 3.44. The maximum atomic E-state index is 3.44. The molecule has 0 amide bonds. The van der Waals surface area contributed by atoms with Crippen LogP contribution in [0.1, 0.15) is 25.7 Å². The average Bonchev–Trinajstić information content (AvgIpc) is 2.45. The second kappa shape index (κ2) is 3.64. The van der Waals surface area contributed by atoms with Gasteiger partial charge in [0.1, 0.15) is 0 Å². The molecule has 1 atom stereocenters. The average molecular weight is 213 g/mol. The first-order chi connectivity index (χ1) is 4.41. The molecular weight excluding hydrogens is 199 g/mol. The van der Waals surface area contributed by atoms with Crippen LogP contribution in [0.4, 0.5) is 0 Å². The maximum Gasteiger partial charge on any atom is 0 e. The van der Waals surface area contributed by atoms with E-state index in [1.54, 1.807) is 0 Å². The Kier molecular flexibility index (Phi) is 3.34. The van der Waals surface area contributed by atoms with Crippen LogP contribution in [0.5, 0.6) is 0 Å². The van der Waals surface area contributed by atoms with Gasteiger partial charge in [-0.2, -0.15) is 12.8 Å². The first-order valence-corrected chi connectivity index (χ1v) is 3.94. The fourth-order valence-corrected chi connectivity index (χ4v) is 2.10. The van der Waals surface area contributed by atoms with E-state index in [9.17, 15) is 0 Å². The van der Waals surface area contributed by atoms with Gasteiger partial charge >= 0.3 is 0 Å². The first kappa shape index (κ1) is 9.15. The van der Waals surface area contributed by atoms with Gasteiger partial charge in [0.25, 0.3) is 0 Å². The molecule has 1 radical (unpaired) electrons. The van der Waals surface area contributed by atoms with Gasteiger partial charge in [-0.1, -0.05) is 6.42 Å². The van der Waals surface area contributed by atoms with Crippen molar-refractivity contribution >= 4 is 0 Å². The smallest absolute Gasteiger partial charge is 0 e. The van der Waals surface area contributed by atoms with Crippen LogP contribution in [0.25, 0.3) is 0 Å². The fraction of sp³-hybridized carbons (Fsp3) is 0.875. The van der Waals surface area contributed by atoms with Crippen LogP contribution < -0.4 is 5.32 Å². The van der Waals surface area contributed by atoms with Crippen molar-refractivity contribution in [3.8, 4) is 0 Å². The van der Waals surface area contributed by atoms with Crippen molar-refractivity contribution in [2.75, 3.05) is 13.1 Å². The summed E-state index contributed by atoms with van der Waals surface area (Å²) >= 11 is 0. The van der Waals surface area contributed by atoms with Gasteiger partial charge in [0.2, 0.25) is 0 Å². The van der Waals surface area contributed by atoms with Crippen molar-refractivity contribution in [3.63, 3.8) is 0 Å². The van der Waals surface area contributed by atoms with Crippen LogP contribution in [0.2, 0.25) is 0 Å². The van der Waals surface area contributed by atoms with Crippen LogP contribution in [-0.2, 0) is 32.7 Å². The van der Waals surface area contributed by atoms with E-state index < -0.39 is 0 Å². The van der Waals surface area contributed by atoms with E-state index in [-0.39, 0.29) is 32.7 Å². The third-order valence-electron chi connectivity index (χ3n) is 2.79. The molecule has 1 heterocycles. The molecule has 2 aliphatic rings. The summed E-state index contributed by atoms with van der Waals surface area (Å²) < 4.78 is 0. The van der Waals surface area contributed by atoms with Crippen molar-refractivity contribution in [1.29, 1.82) is 0 Å². The molecule has 1 nitrogen and oxygen atoms in total. The minimum Gasteiger partial charge on any atom is -0.328 e. The van der Waals surface area contributed by atoms with Crippen LogP contribution in [0.15, 0.2) is 0 Å². The van der Waals surface area contributed by atoms with E-state index in [4.69, 9.17) is 0 Å². The molecular formula is C8H14NY-. The third-order valence-corrected chi connectivity index (χ3v) is 2.79. The molecule has 10 heavy (non-hydrogen) atoms. The Hall–Kier alpha value is 1.06. The molecule has 0 aromatic heterocycles. The molecule has 1 saturated heterocycles. The van der Waals surface area contributed by atoms with E-state index in [1.165, 1.54) is 38.8 Å². The van der Waals surface area contributed by atoms with Crippen molar-refractivity contribution < 1.29 is 32.7 Å². The normalized spacial score (nSPS) is 38.4. The molecule has 2 fully saturated rings. The van der Waals surface area contributed by atoms with Gasteiger partial charge in [-0.05, 0) is 24.9 Å². The van der Waals surface area contributed by atoms with E-state index in [0.29, 0.717) is 0 Å². The van der Waals surface area contributed by atoms with Crippen molar-refractivity contribution in [2.45, 2.75) is 25.7 Å². The van der Waals surface area contributed by atoms with Crippen LogP contribution in [0.3, 0.4) is 0 Å². The van der Waals surface area contributed by atoms with Crippen LogP contribution in [0, 0.1) is 11.8 Å². The summed E-state index contributed by atoms with van der Waals surface area (Å²) in [6, 6.07) is 0. The first-order valence-electron chi connectivity index (χ1n) is 3.94. The number of hydrogen-bond donors (Lipinski definition) is 1. The summed E-state index contributed by atoms with van der Waals surface area (Å²) in [5.41, 5.74) is 0.722. The van der Waals surface area contributed by atoms with Crippen molar-refractivity contribution in [3.05, 3.63) is 6.42 Å². The summed E-state index contributed by atoms with van der Waals surface area (Å²) in [6.45, 7) is 2.54. The van der Waals surface area contributed by atoms with Crippen molar-refractivity contribution in [1.82, 2.24) is 5.32 Å². The molecule has 2 heteroatoms. The van der Waals surface area contributed by atoms with E-state index in [2.05, 4.69) is 11.7 Å². The Bertz CT molecular complexity index is 84.3. The van der Waals surface area contributed by atoms with Gasteiger partial charge in [0.15, 0.2) is 0 Å². The molecule has 1 unspecified atom stereocenters. The molecule has 1 aliphatic carbocycles. The zero-order valence-electron chi connectivity index (χ0n) is 6.40. The molecule has 0 aromatic carbocycles. The Morgan fingerprint density at radius 1 is 1.30 bits per heavy atom. The molecule has 0 aromatic rings. The number of rotatable bonds is 0. The topological polar surface area (TPSA) is 12.0 Å². The van der Waals surface area contributed by atoms with Gasteiger partial charge in [-0.25, -0.2) is 0 Å². The quantitative estimate of drug-likeness (QED) is 0.599. The van der Waals surface area contributed by atoms with Gasteiger partial charge < -0.3 is 11.7 Å². The molecule has 1 spiro atoms. The monoisotopic (exact) mass is 213 g/mol. The largest absolute Gasteiger partial charge is 0.328 e. The van der Waals surface area contributed by atoms with Crippen LogP contribution >= 0.6 is 0 Å². The van der Waals surface area contributed by atoms with Crippen LogP contribution in [-0.4, -0.2) is 13.1 Å². The predicted molar refractivity (Wildman–Crippen MR) is 38.1 cm³/mol. The summed E-state index contributed by atoms with van der Waals surface area (Å²) in [5.74, 6) is 0. The van der Waals surface area contributed by atoms with Crippen molar-refractivity contribution in [2.24, 2.45) is 5.41 Å². The second-order valence-corrected chi connectivity index (χ2v) is 3.46. The van der Waals surface area contributed by atoms with Gasteiger partial charge in [0, 0.05) is 32.7 Å². The molecule has 55 valence electrons. The zero-order chi connectivity index (χ0) is 6.16. The number of hydrogen-bond acceptors (Lipinski definition) is 1. The molecule has 0 bridgehead atoms. The zero-order valence-corrected chi connectivity index (χ0v) is 9.24. The van der Waals surface area contributed by atoms with E-state index in [0.717, 1.165) is 5.41 Å². The molecule has 2 rings (SSSR count). The standard InChI is InChI=1S/C8H14N.Y/c1-2-4-8(3-1)5-6-9-7-8;/h1,9H,2-7H2;/q-1;. The Labute approximate surface area is 88.2 Å². The second-order valence-electron chi connectivity index (χ2n) is 3.46. The summed E-state index contributed by atoms with van der Waals surface area (Å²) in [4.78, 5) is 0. The minimum atomic E-state index is 0. The Morgan fingerprint density at radius 3 is 2.70 bits per heavy atom.